The number of ether oxygens (including phenoxy) is 1. The van der Waals surface area contributed by atoms with Crippen LogP contribution in [0.4, 0.5) is 0 Å². The predicted octanol–water partition coefficient (Wildman–Crippen LogP) is 4.31. The Labute approximate surface area is 170 Å². The molecule has 0 aliphatic heterocycles. The first-order valence-corrected chi connectivity index (χ1v) is 10.2. The molecular weight excluding hydrogens is 372 g/mol. The van der Waals surface area contributed by atoms with E-state index in [-0.39, 0.29) is 18.6 Å². The summed E-state index contributed by atoms with van der Waals surface area (Å²) >= 11 is 1.51. The Morgan fingerprint density at radius 2 is 1.79 bits per heavy atom. The van der Waals surface area contributed by atoms with Crippen LogP contribution in [0.25, 0.3) is 0 Å². The quantitative estimate of drug-likeness (QED) is 0.505. The second-order valence-electron chi connectivity index (χ2n) is 6.25. The van der Waals surface area contributed by atoms with Crippen molar-refractivity contribution in [1.82, 2.24) is 5.32 Å². The van der Waals surface area contributed by atoms with Gasteiger partial charge in [0.15, 0.2) is 6.61 Å². The molecule has 0 unspecified atom stereocenters. The number of carbonyl (C=O) groups excluding carboxylic acids is 2. The first kappa shape index (κ1) is 21.5. The molecule has 2 aromatic rings. The molecule has 0 radical (unpaired) electrons. The van der Waals surface area contributed by atoms with E-state index in [1.54, 1.807) is 24.3 Å². The molecule has 0 atom stereocenters. The standard InChI is InChI=1S/C22H24N2O3S/c1-3-18(4-2)24-21(25)14-27-22(26)19-7-5-6-8-20(19)28-15-17-11-9-16(13-23)10-12-17/h5-12,18H,3-4,14-15H2,1-2H3,(H,24,25). The lowest BCUT2D eigenvalue weighted by atomic mass is 10.2. The monoisotopic (exact) mass is 396 g/mol. The minimum Gasteiger partial charge on any atom is -0.452 e. The number of benzene rings is 2. The lowest BCUT2D eigenvalue weighted by Gasteiger charge is -2.15. The van der Waals surface area contributed by atoms with Gasteiger partial charge < -0.3 is 10.1 Å². The molecule has 0 heterocycles. The van der Waals surface area contributed by atoms with Crippen molar-refractivity contribution < 1.29 is 14.3 Å². The molecule has 2 aromatic carbocycles. The van der Waals surface area contributed by atoms with Crippen LogP contribution in [-0.4, -0.2) is 24.5 Å². The number of hydrogen-bond acceptors (Lipinski definition) is 5. The van der Waals surface area contributed by atoms with Gasteiger partial charge in [-0.25, -0.2) is 4.79 Å². The number of carbonyl (C=O) groups is 2. The van der Waals surface area contributed by atoms with Crippen LogP contribution in [0.5, 0.6) is 0 Å². The second kappa shape index (κ2) is 11.2. The molecule has 0 saturated heterocycles. The third-order valence-corrected chi connectivity index (χ3v) is 5.41. The van der Waals surface area contributed by atoms with E-state index in [9.17, 15) is 9.59 Å². The molecule has 0 fully saturated rings. The van der Waals surface area contributed by atoms with E-state index in [4.69, 9.17) is 10.00 Å². The Hall–Kier alpha value is -2.78. The van der Waals surface area contributed by atoms with Crippen molar-refractivity contribution in [2.45, 2.75) is 43.4 Å². The summed E-state index contributed by atoms with van der Waals surface area (Å²) in [6.45, 7) is 3.72. The molecule has 1 amide bonds. The lowest BCUT2D eigenvalue weighted by Crippen LogP contribution is -2.36. The number of rotatable bonds is 9. The summed E-state index contributed by atoms with van der Waals surface area (Å²) in [6.07, 6.45) is 1.68. The topological polar surface area (TPSA) is 79.2 Å². The molecule has 6 heteroatoms. The molecule has 0 aliphatic rings. The van der Waals surface area contributed by atoms with Crippen LogP contribution in [0.3, 0.4) is 0 Å². The Bertz CT molecular complexity index is 840. The van der Waals surface area contributed by atoms with Crippen LogP contribution in [0.15, 0.2) is 53.4 Å². The van der Waals surface area contributed by atoms with Gasteiger partial charge in [-0.1, -0.05) is 38.1 Å². The zero-order chi connectivity index (χ0) is 20.4. The van der Waals surface area contributed by atoms with E-state index < -0.39 is 5.97 Å². The molecule has 0 bridgehead atoms. The number of nitriles is 1. The third kappa shape index (κ3) is 6.43. The highest BCUT2D eigenvalue weighted by Crippen LogP contribution is 2.27. The third-order valence-electron chi connectivity index (χ3n) is 4.27. The van der Waals surface area contributed by atoms with Gasteiger partial charge in [0.05, 0.1) is 17.2 Å². The van der Waals surface area contributed by atoms with Gasteiger partial charge in [0.1, 0.15) is 0 Å². The largest absolute Gasteiger partial charge is 0.452 e. The van der Waals surface area contributed by atoms with Crippen LogP contribution in [-0.2, 0) is 15.3 Å². The Morgan fingerprint density at radius 3 is 2.43 bits per heavy atom. The average molecular weight is 397 g/mol. The van der Waals surface area contributed by atoms with E-state index in [2.05, 4.69) is 11.4 Å². The van der Waals surface area contributed by atoms with Gasteiger partial charge in [-0.2, -0.15) is 5.26 Å². The summed E-state index contributed by atoms with van der Waals surface area (Å²) in [5.41, 5.74) is 2.11. The number of thioether (sulfide) groups is 1. The highest BCUT2D eigenvalue weighted by atomic mass is 32.2. The summed E-state index contributed by atoms with van der Waals surface area (Å²) in [5.74, 6) is -0.141. The normalized spacial score (nSPS) is 10.4. The summed E-state index contributed by atoms with van der Waals surface area (Å²) in [6, 6.07) is 16.7. The van der Waals surface area contributed by atoms with Crippen molar-refractivity contribution in [3.63, 3.8) is 0 Å². The van der Waals surface area contributed by atoms with Crippen molar-refractivity contribution in [3.8, 4) is 6.07 Å². The van der Waals surface area contributed by atoms with E-state index in [0.717, 1.165) is 23.3 Å². The Balaban J connectivity index is 1.95. The van der Waals surface area contributed by atoms with Crippen LogP contribution < -0.4 is 5.32 Å². The smallest absolute Gasteiger partial charge is 0.339 e. The molecule has 5 nitrogen and oxygen atoms in total. The van der Waals surface area contributed by atoms with E-state index in [0.29, 0.717) is 16.9 Å². The molecule has 0 spiro atoms. The fourth-order valence-corrected chi connectivity index (χ4v) is 3.57. The van der Waals surface area contributed by atoms with Gasteiger partial charge in [-0.05, 0) is 42.7 Å². The zero-order valence-corrected chi connectivity index (χ0v) is 16.9. The number of amides is 1. The van der Waals surface area contributed by atoms with Crippen molar-refractivity contribution >= 4 is 23.6 Å². The minimum atomic E-state index is -0.511. The lowest BCUT2D eigenvalue weighted by molar-refractivity contribution is -0.125. The average Bonchev–Trinajstić information content (AvgIpc) is 2.74. The van der Waals surface area contributed by atoms with Gasteiger partial charge in [-0.3, -0.25) is 4.79 Å². The van der Waals surface area contributed by atoms with Crippen molar-refractivity contribution in [2.75, 3.05) is 6.61 Å². The highest BCUT2D eigenvalue weighted by Gasteiger charge is 2.16. The van der Waals surface area contributed by atoms with Gasteiger partial charge in [0.2, 0.25) is 0 Å². The molecule has 0 saturated carbocycles. The number of hydrogen-bond donors (Lipinski definition) is 1. The minimum absolute atomic E-state index is 0.0986. The van der Waals surface area contributed by atoms with E-state index in [1.807, 2.05) is 38.1 Å². The second-order valence-corrected chi connectivity index (χ2v) is 7.27. The maximum atomic E-state index is 12.4. The van der Waals surface area contributed by atoms with Crippen LogP contribution >= 0.6 is 11.8 Å². The molecular formula is C22H24N2O3S. The van der Waals surface area contributed by atoms with Crippen molar-refractivity contribution in [1.29, 1.82) is 5.26 Å². The molecule has 0 aliphatic carbocycles. The zero-order valence-electron chi connectivity index (χ0n) is 16.1. The maximum Gasteiger partial charge on any atom is 0.339 e. The van der Waals surface area contributed by atoms with Crippen LogP contribution in [0.1, 0.15) is 48.2 Å². The maximum absolute atomic E-state index is 12.4. The molecule has 28 heavy (non-hydrogen) atoms. The molecule has 1 N–H and O–H groups in total. The number of nitrogens with zero attached hydrogens (tertiary/aromatic N) is 1. The highest BCUT2D eigenvalue weighted by molar-refractivity contribution is 7.98. The fourth-order valence-electron chi connectivity index (χ4n) is 2.57. The van der Waals surface area contributed by atoms with Gasteiger partial charge in [0, 0.05) is 16.7 Å². The van der Waals surface area contributed by atoms with E-state index >= 15 is 0 Å². The summed E-state index contributed by atoms with van der Waals surface area (Å²) < 4.78 is 5.20. The fraction of sp³-hybridized carbons (Fsp3) is 0.318. The summed E-state index contributed by atoms with van der Waals surface area (Å²) in [5, 5.41) is 11.7. The van der Waals surface area contributed by atoms with Crippen LogP contribution in [0, 0.1) is 11.3 Å². The molecule has 146 valence electrons. The number of esters is 1. The molecule has 0 aromatic heterocycles. The Kier molecular flexibility index (Phi) is 8.57. The Morgan fingerprint density at radius 1 is 1.11 bits per heavy atom. The van der Waals surface area contributed by atoms with Gasteiger partial charge >= 0.3 is 5.97 Å². The summed E-state index contributed by atoms with van der Waals surface area (Å²) in [7, 11) is 0. The van der Waals surface area contributed by atoms with Crippen molar-refractivity contribution in [3.05, 3.63) is 65.2 Å². The first-order valence-electron chi connectivity index (χ1n) is 9.24. The van der Waals surface area contributed by atoms with E-state index in [1.165, 1.54) is 11.8 Å². The molecule has 2 rings (SSSR count). The van der Waals surface area contributed by atoms with Crippen LogP contribution in [0.2, 0.25) is 0 Å². The van der Waals surface area contributed by atoms with Gasteiger partial charge in [0.25, 0.3) is 5.91 Å². The van der Waals surface area contributed by atoms with Gasteiger partial charge in [-0.15, -0.1) is 11.8 Å². The first-order chi connectivity index (χ1) is 13.6. The SMILES string of the molecule is CCC(CC)NC(=O)COC(=O)c1ccccc1SCc1ccc(C#N)cc1. The number of nitrogens with one attached hydrogen (secondary N) is 1. The van der Waals surface area contributed by atoms with Crippen molar-refractivity contribution in [2.24, 2.45) is 0 Å². The summed E-state index contributed by atoms with van der Waals surface area (Å²) in [4.78, 5) is 25.2. The predicted molar refractivity (Wildman–Crippen MR) is 110 cm³/mol.